The maximum Gasteiger partial charge on any atom is 0.132 e. The number of hydrogen-bond donors (Lipinski definition) is 2. The maximum absolute atomic E-state index is 10.1. The first kappa shape index (κ1) is 20.9. The van der Waals surface area contributed by atoms with Gasteiger partial charge in [0.2, 0.25) is 0 Å². The summed E-state index contributed by atoms with van der Waals surface area (Å²) in [6.45, 7) is 0.223. The Balaban J connectivity index is 1.80. The van der Waals surface area contributed by atoms with E-state index in [-0.39, 0.29) is 6.61 Å². The van der Waals surface area contributed by atoms with Gasteiger partial charge in [-0.1, -0.05) is 72.8 Å². The first-order chi connectivity index (χ1) is 16.2. The summed E-state index contributed by atoms with van der Waals surface area (Å²) in [5.74, 6) is 1.38. The van der Waals surface area contributed by atoms with Gasteiger partial charge in [-0.15, -0.1) is 0 Å². The second kappa shape index (κ2) is 8.85. The molecule has 0 saturated carbocycles. The fourth-order valence-electron chi connectivity index (χ4n) is 4.44. The molecule has 164 valence electrons. The summed E-state index contributed by atoms with van der Waals surface area (Å²) in [4.78, 5) is 0. The molecule has 5 rings (SSSR count). The van der Waals surface area contributed by atoms with E-state index < -0.39 is 0 Å². The van der Waals surface area contributed by atoms with Crippen molar-refractivity contribution in [3.05, 3.63) is 102 Å². The van der Waals surface area contributed by atoms with Gasteiger partial charge in [0.05, 0.1) is 13.7 Å². The van der Waals surface area contributed by atoms with Crippen molar-refractivity contribution in [1.82, 2.24) is 0 Å². The van der Waals surface area contributed by atoms with E-state index in [2.05, 4.69) is 24.3 Å². The van der Waals surface area contributed by atoms with Gasteiger partial charge in [0, 0.05) is 27.9 Å². The molecule has 5 aromatic rings. The molecule has 4 nitrogen and oxygen atoms in total. The van der Waals surface area contributed by atoms with Gasteiger partial charge in [-0.25, -0.2) is 0 Å². The van der Waals surface area contributed by atoms with Gasteiger partial charge < -0.3 is 20.3 Å². The third-order valence-electron chi connectivity index (χ3n) is 6.03. The smallest absolute Gasteiger partial charge is 0.132 e. The molecule has 0 spiro atoms. The van der Waals surface area contributed by atoms with Crippen LogP contribution < -0.4 is 15.2 Å². The quantitative estimate of drug-likeness (QED) is 0.306. The van der Waals surface area contributed by atoms with Crippen LogP contribution in [0.15, 0.2) is 91.0 Å². The number of methoxy groups -OCH3 is 1. The number of aliphatic hydroxyl groups excluding tert-OH is 1. The molecule has 0 radical (unpaired) electrons. The molecule has 0 heterocycles. The number of para-hydroxylation sites is 1. The normalized spacial score (nSPS) is 11.1. The Labute approximate surface area is 192 Å². The monoisotopic (exact) mass is 435 g/mol. The first-order valence-corrected chi connectivity index (χ1v) is 10.9. The molecule has 0 saturated heterocycles. The van der Waals surface area contributed by atoms with E-state index in [4.69, 9.17) is 15.2 Å². The van der Waals surface area contributed by atoms with Crippen LogP contribution in [0.4, 0.5) is 5.69 Å². The van der Waals surface area contributed by atoms with Crippen LogP contribution in [0.1, 0.15) is 11.1 Å². The van der Waals surface area contributed by atoms with Crippen molar-refractivity contribution < 1.29 is 14.6 Å². The van der Waals surface area contributed by atoms with Crippen molar-refractivity contribution in [3.8, 4) is 22.6 Å². The maximum atomic E-state index is 10.1. The van der Waals surface area contributed by atoms with Crippen molar-refractivity contribution in [1.29, 1.82) is 0 Å². The number of nitrogens with two attached hydrogens (primary N) is 1. The minimum Gasteiger partial charge on any atom is -0.496 e. The summed E-state index contributed by atoms with van der Waals surface area (Å²) >= 11 is 0. The van der Waals surface area contributed by atoms with Crippen LogP contribution in [-0.4, -0.2) is 12.2 Å². The predicted molar refractivity (Wildman–Crippen MR) is 135 cm³/mol. The summed E-state index contributed by atoms with van der Waals surface area (Å²) in [6, 6.07) is 30.1. The Morgan fingerprint density at radius 2 is 1.39 bits per heavy atom. The number of fused-ring (bicyclic) bond motifs is 2. The van der Waals surface area contributed by atoms with Gasteiger partial charge in [-0.2, -0.15) is 0 Å². The van der Waals surface area contributed by atoms with Crippen molar-refractivity contribution in [2.75, 3.05) is 12.8 Å². The second-order valence-corrected chi connectivity index (χ2v) is 7.97. The van der Waals surface area contributed by atoms with E-state index in [0.717, 1.165) is 49.5 Å². The fourth-order valence-corrected chi connectivity index (χ4v) is 4.44. The summed E-state index contributed by atoms with van der Waals surface area (Å²) < 4.78 is 12.3. The standard InChI is InChI=1S/C29H25NO3/c1-32-29-22(17-31)16-20-9-3-6-12-24(20)28(29)27-23-11-5-2-8-19(23)14-15-26(27)33-18-21-10-4-7-13-25(21)30/h2-16,31H,17-18,30H2,1H3. The zero-order valence-electron chi connectivity index (χ0n) is 18.4. The van der Waals surface area contributed by atoms with E-state index in [1.54, 1.807) is 7.11 Å². The summed E-state index contributed by atoms with van der Waals surface area (Å²) in [5.41, 5.74) is 10.4. The molecule has 4 heteroatoms. The lowest BCUT2D eigenvalue weighted by Crippen LogP contribution is -2.02. The van der Waals surface area contributed by atoms with Gasteiger partial charge >= 0.3 is 0 Å². The fraction of sp³-hybridized carbons (Fsp3) is 0.103. The van der Waals surface area contributed by atoms with E-state index in [1.807, 2.05) is 66.7 Å². The Morgan fingerprint density at radius 3 is 2.12 bits per heavy atom. The summed E-state index contributed by atoms with van der Waals surface area (Å²) in [5, 5.41) is 14.3. The van der Waals surface area contributed by atoms with E-state index >= 15 is 0 Å². The van der Waals surface area contributed by atoms with Crippen LogP contribution >= 0.6 is 0 Å². The van der Waals surface area contributed by atoms with Crippen LogP contribution in [0.3, 0.4) is 0 Å². The molecule has 0 aliphatic rings. The molecular weight excluding hydrogens is 410 g/mol. The lowest BCUT2D eigenvalue weighted by Gasteiger charge is -2.21. The zero-order chi connectivity index (χ0) is 22.8. The van der Waals surface area contributed by atoms with Crippen LogP contribution in [0, 0.1) is 0 Å². The number of hydrogen-bond acceptors (Lipinski definition) is 4. The molecule has 33 heavy (non-hydrogen) atoms. The van der Waals surface area contributed by atoms with Gasteiger partial charge in [0.25, 0.3) is 0 Å². The lowest BCUT2D eigenvalue weighted by atomic mass is 9.90. The number of ether oxygens (including phenoxy) is 2. The van der Waals surface area contributed by atoms with Gasteiger partial charge in [-0.3, -0.25) is 0 Å². The van der Waals surface area contributed by atoms with Crippen LogP contribution in [0.5, 0.6) is 11.5 Å². The third-order valence-corrected chi connectivity index (χ3v) is 6.03. The van der Waals surface area contributed by atoms with Gasteiger partial charge in [0.1, 0.15) is 18.1 Å². The van der Waals surface area contributed by atoms with E-state index in [1.165, 1.54) is 0 Å². The number of aliphatic hydroxyl groups is 1. The Kier molecular flexibility index (Phi) is 5.59. The molecule has 0 fully saturated rings. The SMILES string of the molecule is COc1c(CO)cc2ccccc2c1-c1c(OCc2ccccc2N)ccc2ccccc12. The number of benzene rings is 5. The van der Waals surface area contributed by atoms with Crippen molar-refractivity contribution >= 4 is 27.2 Å². The van der Waals surface area contributed by atoms with E-state index in [9.17, 15) is 5.11 Å². The number of nitrogen functional groups attached to an aromatic ring is 1. The third kappa shape index (κ3) is 3.75. The molecule has 0 amide bonds. The van der Waals surface area contributed by atoms with Crippen LogP contribution in [-0.2, 0) is 13.2 Å². The molecule has 5 aromatic carbocycles. The topological polar surface area (TPSA) is 64.7 Å². The molecule has 0 bridgehead atoms. The molecule has 0 aliphatic heterocycles. The second-order valence-electron chi connectivity index (χ2n) is 7.97. The highest BCUT2D eigenvalue weighted by Gasteiger charge is 2.21. The Morgan fingerprint density at radius 1 is 0.727 bits per heavy atom. The molecule has 3 N–H and O–H groups in total. The molecular formula is C29H25NO3. The average molecular weight is 436 g/mol. The summed E-state index contributed by atoms with van der Waals surface area (Å²) in [7, 11) is 1.64. The highest BCUT2D eigenvalue weighted by atomic mass is 16.5. The largest absolute Gasteiger partial charge is 0.496 e. The molecule has 0 unspecified atom stereocenters. The number of rotatable bonds is 6. The lowest BCUT2D eigenvalue weighted by molar-refractivity contribution is 0.274. The summed E-state index contributed by atoms with van der Waals surface area (Å²) in [6.07, 6.45) is 0. The Hall–Kier alpha value is -4.02. The van der Waals surface area contributed by atoms with Gasteiger partial charge in [0.15, 0.2) is 0 Å². The zero-order valence-corrected chi connectivity index (χ0v) is 18.4. The van der Waals surface area contributed by atoms with Gasteiger partial charge in [-0.05, 0) is 39.7 Å². The number of anilines is 1. The average Bonchev–Trinajstić information content (AvgIpc) is 2.86. The van der Waals surface area contributed by atoms with Crippen molar-refractivity contribution in [2.45, 2.75) is 13.2 Å². The first-order valence-electron chi connectivity index (χ1n) is 10.9. The van der Waals surface area contributed by atoms with Crippen LogP contribution in [0.25, 0.3) is 32.7 Å². The highest BCUT2D eigenvalue weighted by molar-refractivity contribution is 6.10. The highest BCUT2D eigenvalue weighted by Crippen LogP contribution is 2.47. The van der Waals surface area contributed by atoms with E-state index in [0.29, 0.717) is 18.0 Å². The molecule has 0 atom stereocenters. The molecule has 0 aliphatic carbocycles. The molecule has 0 aromatic heterocycles. The van der Waals surface area contributed by atoms with Crippen molar-refractivity contribution in [2.24, 2.45) is 0 Å². The van der Waals surface area contributed by atoms with Crippen molar-refractivity contribution in [3.63, 3.8) is 0 Å². The van der Waals surface area contributed by atoms with Crippen LogP contribution in [0.2, 0.25) is 0 Å². The predicted octanol–water partition coefficient (Wildman–Crippen LogP) is 6.32. The minimum atomic E-state index is -0.123. The Bertz CT molecular complexity index is 1460. The minimum absolute atomic E-state index is 0.123.